The van der Waals surface area contributed by atoms with E-state index in [-0.39, 0.29) is 5.56 Å². The van der Waals surface area contributed by atoms with Gasteiger partial charge in [-0.2, -0.15) is 0 Å². The summed E-state index contributed by atoms with van der Waals surface area (Å²) < 4.78 is 5.34. The summed E-state index contributed by atoms with van der Waals surface area (Å²) in [4.78, 5) is 49.7. The van der Waals surface area contributed by atoms with Gasteiger partial charge in [0.2, 0.25) is 5.78 Å². The van der Waals surface area contributed by atoms with Gasteiger partial charge in [-0.05, 0) is 29.3 Å². The molecule has 0 spiro atoms. The van der Waals surface area contributed by atoms with Crippen molar-refractivity contribution < 1.29 is 24.2 Å². The number of carboxylic acids is 1. The molecule has 0 radical (unpaired) electrons. The number of carboxylic acid groups (broad SMARTS) is 1. The largest absolute Gasteiger partial charge is 0.496 e. The van der Waals surface area contributed by atoms with E-state index in [4.69, 9.17) is 9.84 Å². The molecule has 0 fully saturated rings. The predicted molar refractivity (Wildman–Crippen MR) is 102 cm³/mol. The first-order chi connectivity index (χ1) is 13.4. The zero-order valence-corrected chi connectivity index (χ0v) is 15.0. The summed E-state index contributed by atoms with van der Waals surface area (Å²) in [5.74, 6) is -3.06. The Balaban J connectivity index is 1.98. The third kappa shape index (κ3) is 3.83. The quantitative estimate of drug-likeness (QED) is 0.370. The lowest BCUT2D eigenvalue weighted by Crippen LogP contribution is -2.22. The van der Waals surface area contributed by atoms with Crippen LogP contribution in [0.4, 0.5) is 0 Å². The van der Waals surface area contributed by atoms with Crippen molar-refractivity contribution in [2.24, 2.45) is 0 Å². The van der Waals surface area contributed by atoms with Gasteiger partial charge in [0.25, 0.3) is 0 Å². The van der Waals surface area contributed by atoms with Crippen molar-refractivity contribution in [1.29, 1.82) is 0 Å². The Kier molecular flexibility index (Phi) is 5.35. The van der Waals surface area contributed by atoms with Crippen LogP contribution in [-0.4, -0.2) is 34.7 Å². The second kappa shape index (κ2) is 7.87. The second-order valence-electron chi connectivity index (χ2n) is 6.23. The highest BCUT2D eigenvalue weighted by atomic mass is 16.5. The summed E-state index contributed by atoms with van der Waals surface area (Å²) in [6.45, 7) is 0. The van der Waals surface area contributed by atoms with Crippen LogP contribution in [0.2, 0.25) is 0 Å². The number of ketones is 2. The summed E-state index contributed by atoms with van der Waals surface area (Å²) in [6.07, 6.45) is 0.877. The highest BCUT2D eigenvalue weighted by Gasteiger charge is 2.20. The predicted octanol–water partition coefficient (Wildman–Crippen LogP) is 2.35. The number of aromatic amines is 1. The molecule has 142 valence electrons. The third-order valence-corrected chi connectivity index (χ3v) is 4.39. The monoisotopic (exact) mass is 379 g/mol. The normalized spacial score (nSPS) is 10.6. The summed E-state index contributed by atoms with van der Waals surface area (Å²) in [6, 6.07) is 12.8. The number of aliphatic carboxylic acids is 1. The van der Waals surface area contributed by atoms with Crippen molar-refractivity contribution >= 4 is 28.4 Å². The number of Topliss-reactive ketones (excluding diaryl/α,β-unsaturated/α-hetero) is 2. The molecule has 3 aromatic rings. The van der Waals surface area contributed by atoms with Crippen LogP contribution in [0.25, 0.3) is 10.9 Å². The maximum absolute atomic E-state index is 12.7. The number of para-hydroxylation sites is 1. The third-order valence-electron chi connectivity index (χ3n) is 4.39. The first kappa shape index (κ1) is 19.0. The van der Waals surface area contributed by atoms with Gasteiger partial charge in [0.05, 0.1) is 19.1 Å². The number of rotatable bonds is 7. The number of aromatic nitrogens is 1. The minimum absolute atomic E-state index is 0.239. The van der Waals surface area contributed by atoms with Gasteiger partial charge in [0.15, 0.2) is 11.2 Å². The van der Waals surface area contributed by atoms with Crippen LogP contribution < -0.4 is 10.2 Å². The lowest BCUT2D eigenvalue weighted by Gasteiger charge is -2.09. The van der Waals surface area contributed by atoms with Crippen molar-refractivity contribution in [1.82, 2.24) is 4.98 Å². The molecule has 28 heavy (non-hydrogen) atoms. The molecular weight excluding hydrogens is 362 g/mol. The molecule has 0 bridgehead atoms. The number of carbonyl (C=O) groups is 3. The summed E-state index contributed by atoms with van der Waals surface area (Å²) in [5, 5.41) is 8.93. The van der Waals surface area contributed by atoms with Crippen molar-refractivity contribution in [3.8, 4) is 5.75 Å². The van der Waals surface area contributed by atoms with Gasteiger partial charge in [-0.1, -0.05) is 24.3 Å². The van der Waals surface area contributed by atoms with E-state index < -0.39 is 29.4 Å². The number of ether oxygens (including phenoxy) is 1. The smallest absolute Gasteiger partial charge is 0.372 e. The fraction of sp³-hybridized carbons (Fsp3) is 0.143. The fourth-order valence-electron chi connectivity index (χ4n) is 2.97. The van der Waals surface area contributed by atoms with Crippen LogP contribution in [0.5, 0.6) is 5.75 Å². The number of carbonyl (C=O) groups excluding carboxylic acids is 2. The van der Waals surface area contributed by atoms with Crippen molar-refractivity contribution in [2.45, 2.75) is 12.8 Å². The van der Waals surface area contributed by atoms with E-state index in [0.29, 0.717) is 17.3 Å². The van der Waals surface area contributed by atoms with Gasteiger partial charge in [0.1, 0.15) is 5.75 Å². The Morgan fingerprint density at radius 2 is 1.86 bits per heavy atom. The van der Waals surface area contributed by atoms with Gasteiger partial charge in [-0.3, -0.25) is 14.4 Å². The number of pyridine rings is 1. The molecule has 3 rings (SSSR count). The zero-order chi connectivity index (χ0) is 20.3. The topological polar surface area (TPSA) is 114 Å². The standard InChI is InChI=1S/C21H17NO6/c1-28-19-5-3-2-4-13(19)8-12-6-7-16-14(9-12)20(25)15(11-22-16)17(23)10-18(24)21(26)27/h2-7,9,11H,8,10H2,1H3,(H,22,25)(H,26,27). The van der Waals surface area contributed by atoms with Gasteiger partial charge in [-0.25, -0.2) is 4.79 Å². The molecule has 2 aromatic carbocycles. The average molecular weight is 379 g/mol. The van der Waals surface area contributed by atoms with Crippen LogP contribution in [0, 0.1) is 0 Å². The minimum Gasteiger partial charge on any atom is -0.496 e. The lowest BCUT2D eigenvalue weighted by atomic mass is 10.00. The Morgan fingerprint density at radius 1 is 1.11 bits per heavy atom. The first-order valence-corrected chi connectivity index (χ1v) is 8.46. The SMILES string of the molecule is COc1ccccc1Cc1ccc2[nH]cc(C(=O)CC(=O)C(=O)O)c(=O)c2c1. The highest BCUT2D eigenvalue weighted by molar-refractivity contribution is 6.37. The number of nitrogens with one attached hydrogen (secondary N) is 1. The maximum Gasteiger partial charge on any atom is 0.372 e. The van der Waals surface area contributed by atoms with E-state index in [1.807, 2.05) is 30.3 Å². The maximum atomic E-state index is 12.7. The van der Waals surface area contributed by atoms with Gasteiger partial charge in [-0.15, -0.1) is 0 Å². The van der Waals surface area contributed by atoms with Crippen molar-refractivity contribution in [3.05, 3.63) is 75.6 Å². The first-order valence-electron chi connectivity index (χ1n) is 8.46. The van der Waals surface area contributed by atoms with Gasteiger partial charge < -0.3 is 14.8 Å². The van der Waals surface area contributed by atoms with Crippen LogP contribution in [0.3, 0.4) is 0 Å². The molecule has 0 aliphatic carbocycles. The van der Waals surface area contributed by atoms with E-state index in [9.17, 15) is 19.2 Å². The van der Waals surface area contributed by atoms with Gasteiger partial charge in [0, 0.05) is 23.5 Å². The van der Waals surface area contributed by atoms with Crippen LogP contribution in [0.15, 0.2) is 53.5 Å². The van der Waals surface area contributed by atoms with Crippen molar-refractivity contribution in [3.63, 3.8) is 0 Å². The molecular formula is C21H17NO6. The molecule has 0 aliphatic rings. The Hall–Kier alpha value is -3.74. The molecule has 0 saturated carbocycles. The highest BCUT2D eigenvalue weighted by Crippen LogP contribution is 2.22. The van der Waals surface area contributed by atoms with E-state index in [1.54, 1.807) is 19.2 Å². The number of benzene rings is 2. The Morgan fingerprint density at radius 3 is 2.57 bits per heavy atom. The molecule has 1 aromatic heterocycles. The molecule has 0 unspecified atom stereocenters. The fourth-order valence-corrected chi connectivity index (χ4v) is 2.97. The van der Waals surface area contributed by atoms with Crippen LogP contribution >= 0.6 is 0 Å². The number of hydrogen-bond acceptors (Lipinski definition) is 5. The number of methoxy groups -OCH3 is 1. The molecule has 7 nitrogen and oxygen atoms in total. The minimum atomic E-state index is -1.70. The van der Waals surface area contributed by atoms with E-state index >= 15 is 0 Å². The van der Waals surface area contributed by atoms with E-state index in [1.165, 1.54) is 6.20 Å². The molecule has 0 amide bonds. The molecule has 0 atom stereocenters. The van der Waals surface area contributed by atoms with E-state index in [0.717, 1.165) is 16.9 Å². The lowest BCUT2D eigenvalue weighted by molar-refractivity contribution is -0.148. The van der Waals surface area contributed by atoms with Crippen LogP contribution in [0.1, 0.15) is 27.9 Å². The molecule has 2 N–H and O–H groups in total. The molecule has 0 aliphatic heterocycles. The second-order valence-corrected chi connectivity index (χ2v) is 6.23. The molecule has 0 saturated heterocycles. The average Bonchev–Trinajstić information content (AvgIpc) is 2.68. The zero-order valence-electron chi connectivity index (χ0n) is 15.0. The van der Waals surface area contributed by atoms with Crippen molar-refractivity contribution in [2.75, 3.05) is 7.11 Å². The number of fused-ring (bicyclic) bond motifs is 1. The number of H-pyrrole nitrogens is 1. The summed E-state index contributed by atoms with van der Waals surface area (Å²) in [7, 11) is 1.58. The Bertz CT molecular complexity index is 1150. The molecule has 1 heterocycles. The van der Waals surface area contributed by atoms with Crippen LogP contribution in [-0.2, 0) is 16.0 Å². The van der Waals surface area contributed by atoms with E-state index in [2.05, 4.69) is 4.98 Å². The Labute approximate surface area is 159 Å². The summed E-state index contributed by atoms with van der Waals surface area (Å²) in [5.41, 5.74) is 1.54. The number of hydrogen-bond donors (Lipinski definition) is 2. The molecule has 7 heteroatoms. The van der Waals surface area contributed by atoms with Gasteiger partial charge >= 0.3 is 5.97 Å². The summed E-state index contributed by atoms with van der Waals surface area (Å²) >= 11 is 0.